The predicted octanol–water partition coefficient (Wildman–Crippen LogP) is 15.4. The van der Waals surface area contributed by atoms with Crippen LogP contribution in [0, 0.1) is 0 Å². The number of hydrogen-bond donors (Lipinski definition) is 0. The van der Waals surface area contributed by atoms with Crippen molar-refractivity contribution in [3.05, 3.63) is 181 Å². The first-order chi connectivity index (χ1) is 25.8. The lowest BCUT2D eigenvalue weighted by atomic mass is 9.83. The molecule has 0 bridgehead atoms. The van der Waals surface area contributed by atoms with E-state index in [0.29, 0.717) is 0 Å². The lowest BCUT2D eigenvalue weighted by Gasteiger charge is -2.19. The van der Waals surface area contributed by atoms with E-state index in [-0.39, 0.29) is 0 Å². The van der Waals surface area contributed by atoms with Crippen LogP contribution in [-0.2, 0) is 0 Å². The van der Waals surface area contributed by atoms with Crippen LogP contribution in [0.1, 0.15) is 0 Å². The summed E-state index contributed by atoms with van der Waals surface area (Å²) in [7, 11) is 0. The summed E-state index contributed by atoms with van der Waals surface area (Å²) in [5, 5.41) is 17.4. The fraction of sp³-hybridized carbons (Fsp3) is 0. The Morgan fingerprint density at radius 3 is 1.08 bits per heavy atom. The highest BCUT2D eigenvalue weighted by atomic mass is 32.1. The Labute approximate surface area is 309 Å². The van der Waals surface area contributed by atoms with Crippen molar-refractivity contribution in [2.24, 2.45) is 0 Å². The number of benzene rings is 9. The van der Waals surface area contributed by atoms with E-state index in [1.54, 1.807) is 11.3 Å². The van der Waals surface area contributed by atoms with Crippen LogP contribution in [0.3, 0.4) is 0 Å². The second-order valence-electron chi connectivity index (χ2n) is 13.5. The van der Waals surface area contributed by atoms with Crippen LogP contribution in [0.5, 0.6) is 0 Å². The summed E-state index contributed by atoms with van der Waals surface area (Å²) >= 11 is 3.66. The lowest BCUT2D eigenvalue weighted by Crippen LogP contribution is -1.92. The van der Waals surface area contributed by atoms with E-state index >= 15 is 0 Å². The summed E-state index contributed by atoms with van der Waals surface area (Å²) in [4.78, 5) is 0. The second kappa shape index (κ2) is 11.7. The maximum Gasteiger partial charge on any atom is 0.0361 e. The Morgan fingerprint density at radius 1 is 0.288 bits per heavy atom. The molecule has 0 fully saturated rings. The van der Waals surface area contributed by atoms with Gasteiger partial charge in [0.25, 0.3) is 0 Å². The largest absolute Gasteiger partial charge is 0.152 e. The molecule has 2 heteroatoms. The minimum Gasteiger partial charge on any atom is -0.152 e. The molecule has 11 aromatic rings. The van der Waals surface area contributed by atoms with E-state index in [1.165, 1.54) is 108 Å². The molecule has 242 valence electrons. The van der Waals surface area contributed by atoms with Crippen molar-refractivity contribution in [1.82, 2.24) is 0 Å². The minimum atomic E-state index is 1.24. The van der Waals surface area contributed by atoms with Gasteiger partial charge >= 0.3 is 0 Å². The van der Waals surface area contributed by atoms with Crippen molar-refractivity contribution in [1.29, 1.82) is 0 Å². The van der Waals surface area contributed by atoms with Gasteiger partial charge in [0, 0.05) is 20.2 Å². The van der Waals surface area contributed by atoms with Gasteiger partial charge in [-0.2, -0.15) is 11.3 Å². The van der Waals surface area contributed by atoms with E-state index in [4.69, 9.17) is 0 Å². The van der Waals surface area contributed by atoms with Crippen molar-refractivity contribution < 1.29 is 0 Å². The summed E-state index contributed by atoms with van der Waals surface area (Å²) in [6, 6.07) is 63.0. The normalized spacial score (nSPS) is 11.8. The first kappa shape index (κ1) is 29.6. The molecule has 0 saturated heterocycles. The molecule has 11 rings (SSSR count). The summed E-state index contributed by atoms with van der Waals surface area (Å²) in [5.41, 5.74) is 10.3. The minimum absolute atomic E-state index is 1.24. The van der Waals surface area contributed by atoms with Gasteiger partial charge in [0.05, 0.1) is 0 Å². The second-order valence-corrected chi connectivity index (χ2v) is 15.4. The molecule has 0 atom stereocenters. The van der Waals surface area contributed by atoms with E-state index in [2.05, 4.69) is 181 Å². The molecule has 2 aromatic heterocycles. The highest BCUT2D eigenvalue weighted by Gasteiger charge is 2.23. The standard InChI is InChI=1S/C50H30S2/c1-2-14-31(15-3-1)45-33-16-4-8-20-37(33)47(38-21-9-5-17-34(38)45)41-24-12-26-43-49(41)50-42(25-13-27-44(50)52-43)48-39-22-10-6-18-35(39)46(32-28-29-51-30-32)36-19-7-11-23-40(36)48/h1-30H. The summed E-state index contributed by atoms with van der Waals surface area (Å²) in [5.74, 6) is 0. The molecular weight excluding hydrogens is 665 g/mol. The first-order valence-corrected chi connectivity index (χ1v) is 19.5. The molecule has 0 saturated carbocycles. The lowest BCUT2D eigenvalue weighted by molar-refractivity contribution is 1.67. The molecule has 0 nitrogen and oxygen atoms in total. The maximum atomic E-state index is 2.36. The molecule has 0 amide bonds. The van der Waals surface area contributed by atoms with Crippen LogP contribution in [0.2, 0.25) is 0 Å². The van der Waals surface area contributed by atoms with Gasteiger partial charge in [-0.05, 0) is 117 Å². The molecular formula is C50H30S2. The molecule has 0 aliphatic carbocycles. The van der Waals surface area contributed by atoms with Gasteiger partial charge in [0.2, 0.25) is 0 Å². The van der Waals surface area contributed by atoms with Crippen LogP contribution < -0.4 is 0 Å². The highest BCUT2D eigenvalue weighted by molar-refractivity contribution is 7.26. The molecule has 52 heavy (non-hydrogen) atoms. The Bertz CT molecular complexity index is 3050. The van der Waals surface area contributed by atoms with E-state index in [0.717, 1.165) is 0 Å². The zero-order valence-electron chi connectivity index (χ0n) is 28.1. The molecule has 0 aliphatic heterocycles. The predicted molar refractivity (Wildman–Crippen MR) is 229 cm³/mol. The monoisotopic (exact) mass is 694 g/mol. The van der Waals surface area contributed by atoms with Gasteiger partial charge < -0.3 is 0 Å². The van der Waals surface area contributed by atoms with Crippen LogP contribution >= 0.6 is 22.7 Å². The summed E-state index contributed by atoms with van der Waals surface area (Å²) < 4.78 is 2.62. The van der Waals surface area contributed by atoms with E-state index in [1.807, 2.05) is 11.3 Å². The maximum absolute atomic E-state index is 2.36. The van der Waals surface area contributed by atoms with Crippen molar-refractivity contribution in [3.8, 4) is 44.5 Å². The van der Waals surface area contributed by atoms with Crippen molar-refractivity contribution in [2.45, 2.75) is 0 Å². The zero-order chi connectivity index (χ0) is 34.2. The highest BCUT2D eigenvalue weighted by Crippen LogP contribution is 2.52. The Morgan fingerprint density at radius 2 is 0.673 bits per heavy atom. The van der Waals surface area contributed by atoms with Crippen molar-refractivity contribution >= 4 is 85.9 Å². The molecule has 0 N–H and O–H groups in total. The Hall–Kier alpha value is -6.06. The third kappa shape index (κ3) is 4.32. The Kier molecular flexibility index (Phi) is 6.70. The van der Waals surface area contributed by atoms with Gasteiger partial charge in [-0.15, -0.1) is 11.3 Å². The van der Waals surface area contributed by atoms with Crippen LogP contribution in [0.25, 0.3) is 108 Å². The number of hydrogen-bond acceptors (Lipinski definition) is 2. The number of thiophene rings is 2. The molecule has 9 aromatic carbocycles. The summed E-state index contributed by atoms with van der Waals surface area (Å²) in [6.45, 7) is 0. The van der Waals surface area contributed by atoms with E-state index < -0.39 is 0 Å². The third-order valence-electron chi connectivity index (χ3n) is 10.8. The van der Waals surface area contributed by atoms with Gasteiger partial charge in [0.1, 0.15) is 0 Å². The van der Waals surface area contributed by atoms with Crippen LogP contribution in [0.15, 0.2) is 181 Å². The van der Waals surface area contributed by atoms with Crippen molar-refractivity contribution in [3.63, 3.8) is 0 Å². The topological polar surface area (TPSA) is 0 Å². The Balaban J connectivity index is 1.30. The van der Waals surface area contributed by atoms with Gasteiger partial charge in [0.15, 0.2) is 0 Å². The smallest absolute Gasteiger partial charge is 0.0361 e. The molecule has 0 radical (unpaired) electrons. The SMILES string of the molecule is c1ccc(-c2c3ccccc3c(-c3cccc4sc5cccc(-c6c7ccccc7c(-c7ccsc7)c7ccccc67)c5c34)c3ccccc23)cc1. The van der Waals surface area contributed by atoms with Gasteiger partial charge in [-0.3, -0.25) is 0 Å². The molecule has 0 aliphatic rings. The first-order valence-electron chi connectivity index (χ1n) is 17.7. The molecule has 0 spiro atoms. The number of rotatable bonds is 4. The molecule has 0 unspecified atom stereocenters. The van der Waals surface area contributed by atoms with Crippen molar-refractivity contribution in [2.75, 3.05) is 0 Å². The quantitative estimate of drug-likeness (QED) is 0.161. The molecule has 2 heterocycles. The van der Waals surface area contributed by atoms with E-state index in [9.17, 15) is 0 Å². The fourth-order valence-electron chi connectivity index (χ4n) is 8.75. The van der Waals surface area contributed by atoms with Gasteiger partial charge in [-0.25, -0.2) is 0 Å². The third-order valence-corrected chi connectivity index (χ3v) is 12.6. The zero-order valence-corrected chi connectivity index (χ0v) is 29.8. The fourth-order valence-corrected chi connectivity index (χ4v) is 10.6. The van der Waals surface area contributed by atoms with Gasteiger partial charge in [-0.1, -0.05) is 152 Å². The van der Waals surface area contributed by atoms with Crippen LogP contribution in [-0.4, -0.2) is 0 Å². The average Bonchev–Trinajstić information content (AvgIpc) is 3.88. The average molecular weight is 695 g/mol. The van der Waals surface area contributed by atoms with Crippen LogP contribution in [0.4, 0.5) is 0 Å². The summed E-state index contributed by atoms with van der Waals surface area (Å²) in [6.07, 6.45) is 0. The number of fused-ring (bicyclic) bond motifs is 7.